The molecule has 0 atom stereocenters. The first-order chi connectivity index (χ1) is 12.7. The number of benzene rings is 2. The lowest BCUT2D eigenvalue weighted by Crippen LogP contribution is -1.95. The summed E-state index contributed by atoms with van der Waals surface area (Å²) in [4.78, 5) is 0. The number of aromatic nitrogens is 5. The van der Waals surface area contributed by atoms with Gasteiger partial charge in [0.15, 0.2) is 11.0 Å². The highest BCUT2D eigenvalue weighted by Gasteiger charge is 2.14. The summed E-state index contributed by atoms with van der Waals surface area (Å²) in [5.74, 6) is 2.36. The van der Waals surface area contributed by atoms with Crippen LogP contribution in [0.1, 0.15) is 5.89 Å². The van der Waals surface area contributed by atoms with Gasteiger partial charge in [0, 0.05) is 23.2 Å². The second kappa shape index (κ2) is 7.31. The van der Waals surface area contributed by atoms with Crippen molar-refractivity contribution in [1.82, 2.24) is 25.0 Å². The van der Waals surface area contributed by atoms with Gasteiger partial charge in [0.2, 0.25) is 11.8 Å². The molecule has 0 aliphatic carbocycles. The Morgan fingerprint density at radius 3 is 2.46 bits per heavy atom. The largest absolute Gasteiger partial charge is 0.420 e. The average Bonchev–Trinajstić information content (AvgIpc) is 3.29. The van der Waals surface area contributed by atoms with Crippen LogP contribution in [0.15, 0.2) is 64.2 Å². The maximum Gasteiger partial charge on any atom is 0.247 e. The second-order valence-electron chi connectivity index (χ2n) is 5.53. The predicted molar refractivity (Wildman–Crippen MR) is 101 cm³/mol. The summed E-state index contributed by atoms with van der Waals surface area (Å²) < 4.78 is 7.65. The molecule has 0 spiro atoms. The topological polar surface area (TPSA) is 69.6 Å². The smallest absolute Gasteiger partial charge is 0.247 e. The zero-order valence-corrected chi connectivity index (χ0v) is 15.4. The third-order valence-electron chi connectivity index (χ3n) is 3.75. The van der Waals surface area contributed by atoms with Crippen molar-refractivity contribution in [2.24, 2.45) is 7.05 Å². The lowest BCUT2D eigenvalue weighted by Gasteiger charge is -2.03. The van der Waals surface area contributed by atoms with Crippen LogP contribution in [-0.2, 0) is 12.8 Å². The molecular formula is C18H14ClN5OS. The Balaban J connectivity index is 1.47. The summed E-state index contributed by atoms with van der Waals surface area (Å²) in [5, 5.41) is 18.2. The Morgan fingerprint density at radius 1 is 0.923 bits per heavy atom. The molecule has 2 aromatic carbocycles. The fraction of sp³-hybridized carbons (Fsp3) is 0.111. The summed E-state index contributed by atoms with van der Waals surface area (Å²) in [6.45, 7) is 0. The van der Waals surface area contributed by atoms with E-state index in [2.05, 4.69) is 20.4 Å². The molecule has 0 saturated heterocycles. The van der Waals surface area contributed by atoms with Crippen LogP contribution < -0.4 is 0 Å². The zero-order chi connectivity index (χ0) is 17.9. The molecular weight excluding hydrogens is 370 g/mol. The van der Waals surface area contributed by atoms with Gasteiger partial charge in [-0.15, -0.1) is 20.4 Å². The molecule has 6 nitrogen and oxygen atoms in total. The van der Waals surface area contributed by atoms with Crippen LogP contribution in [0.4, 0.5) is 0 Å². The van der Waals surface area contributed by atoms with Gasteiger partial charge in [-0.3, -0.25) is 0 Å². The predicted octanol–water partition coefficient (Wildman–Crippen LogP) is 4.48. The van der Waals surface area contributed by atoms with Gasteiger partial charge in [-0.1, -0.05) is 41.6 Å². The van der Waals surface area contributed by atoms with Crippen LogP contribution in [0, 0.1) is 0 Å². The molecule has 0 radical (unpaired) electrons. The van der Waals surface area contributed by atoms with Crippen molar-refractivity contribution in [2.45, 2.75) is 10.9 Å². The summed E-state index contributed by atoms with van der Waals surface area (Å²) in [6, 6.07) is 17.2. The molecule has 4 rings (SSSR count). The van der Waals surface area contributed by atoms with Gasteiger partial charge >= 0.3 is 0 Å². The van der Waals surface area contributed by atoms with E-state index >= 15 is 0 Å². The Hall–Kier alpha value is -2.64. The summed E-state index contributed by atoms with van der Waals surface area (Å²) in [6.07, 6.45) is 0. The van der Waals surface area contributed by atoms with Gasteiger partial charge in [-0.2, -0.15) is 0 Å². The van der Waals surface area contributed by atoms with Gasteiger partial charge in [0.25, 0.3) is 0 Å². The van der Waals surface area contributed by atoms with Gasteiger partial charge in [-0.05, 0) is 36.4 Å². The lowest BCUT2D eigenvalue weighted by atomic mass is 10.2. The van der Waals surface area contributed by atoms with Crippen LogP contribution in [0.2, 0.25) is 5.02 Å². The zero-order valence-electron chi connectivity index (χ0n) is 13.8. The highest BCUT2D eigenvalue weighted by Crippen LogP contribution is 2.26. The van der Waals surface area contributed by atoms with Crippen LogP contribution in [-0.4, -0.2) is 25.0 Å². The molecule has 2 aromatic heterocycles. The first-order valence-corrected chi connectivity index (χ1v) is 9.23. The first kappa shape index (κ1) is 16.8. The Bertz CT molecular complexity index is 1010. The van der Waals surface area contributed by atoms with E-state index in [0.717, 1.165) is 22.1 Å². The minimum atomic E-state index is 0.515. The normalized spacial score (nSPS) is 11.0. The average molecular weight is 384 g/mol. The summed E-state index contributed by atoms with van der Waals surface area (Å²) in [5.41, 5.74) is 1.86. The maximum atomic E-state index is 5.94. The van der Waals surface area contributed by atoms with E-state index in [9.17, 15) is 0 Å². The minimum absolute atomic E-state index is 0.515. The molecule has 0 aliphatic heterocycles. The molecule has 0 aliphatic rings. The summed E-state index contributed by atoms with van der Waals surface area (Å²) >= 11 is 7.43. The van der Waals surface area contributed by atoms with Gasteiger partial charge in [0.05, 0.1) is 5.75 Å². The van der Waals surface area contributed by atoms with E-state index in [4.69, 9.17) is 16.0 Å². The van der Waals surface area contributed by atoms with Crippen molar-refractivity contribution >= 4 is 23.4 Å². The quantitative estimate of drug-likeness (QED) is 0.473. The number of hydrogen-bond acceptors (Lipinski definition) is 6. The van der Waals surface area contributed by atoms with Crippen molar-refractivity contribution in [3.63, 3.8) is 0 Å². The second-order valence-corrected chi connectivity index (χ2v) is 6.91. The van der Waals surface area contributed by atoms with Crippen LogP contribution in [0.3, 0.4) is 0 Å². The van der Waals surface area contributed by atoms with E-state index < -0.39 is 0 Å². The van der Waals surface area contributed by atoms with Crippen molar-refractivity contribution in [1.29, 1.82) is 0 Å². The number of rotatable bonds is 5. The molecule has 130 valence electrons. The van der Waals surface area contributed by atoms with E-state index in [1.54, 1.807) is 0 Å². The van der Waals surface area contributed by atoms with Crippen molar-refractivity contribution in [2.75, 3.05) is 0 Å². The Kier molecular flexibility index (Phi) is 4.73. The van der Waals surface area contributed by atoms with E-state index in [1.165, 1.54) is 11.8 Å². The molecule has 0 bridgehead atoms. The Morgan fingerprint density at radius 2 is 1.69 bits per heavy atom. The molecule has 0 fully saturated rings. The molecule has 0 N–H and O–H groups in total. The first-order valence-electron chi connectivity index (χ1n) is 7.86. The SMILES string of the molecule is Cn1c(SCc2nnc(-c3ccccc3)o2)nnc1-c1ccc(Cl)cc1. The fourth-order valence-corrected chi connectivity index (χ4v) is 3.30. The standard InChI is InChI=1S/C18H14ClN5OS/c1-24-16(12-7-9-14(19)10-8-12)21-23-18(24)26-11-15-20-22-17(25-15)13-5-3-2-4-6-13/h2-10H,11H2,1H3. The van der Waals surface area contributed by atoms with Crippen LogP contribution in [0.5, 0.6) is 0 Å². The van der Waals surface area contributed by atoms with Gasteiger partial charge in [-0.25, -0.2) is 0 Å². The number of hydrogen-bond donors (Lipinski definition) is 0. The number of nitrogens with zero attached hydrogens (tertiary/aromatic N) is 5. The maximum absolute atomic E-state index is 5.94. The molecule has 0 unspecified atom stereocenters. The highest BCUT2D eigenvalue weighted by atomic mass is 35.5. The lowest BCUT2D eigenvalue weighted by molar-refractivity contribution is 0.528. The third-order valence-corrected chi connectivity index (χ3v) is 5.01. The van der Waals surface area contributed by atoms with Crippen molar-refractivity contribution < 1.29 is 4.42 Å². The molecule has 2 heterocycles. The monoisotopic (exact) mass is 383 g/mol. The molecule has 26 heavy (non-hydrogen) atoms. The number of halogens is 1. The fourth-order valence-electron chi connectivity index (χ4n) is 2.43. The van der Waals surface area contributed by atoms with Crippen molar-refractivity contribution in [3.8, 4) is 22.8 Å². The highest BCUT2D eigenvalue weighted by molar-refractivity contribution is 7.98. The number of thioether (sulfide) groups is 1. The molecule has 0 saturated carbocycles. The van der Waals surface area contributed by atoms with E-state index in [1.807, 2.05) is 66.2 Å². The van der Waals surface area contributed by atoms with Crippen molar-refractivity contribution in [3.05, 3.63) is 65.5 Å². The minimum Gasteiger partial charge on any atom is -0.420 e. The third kappa shape index (κ3) is 3.49. The molecule has 4 aromatic rings. The van der Waals surface area contributed by atoms with E-state index in [0.29, 0.717) is 22.6 Å². The molecule has 8 heteroatoms. The Labute approximate surface area is 159 Å². The van der Waals surface area contributed by atoms with E-state index in [-0.39, 0.29) is 0 Å². The molecule has 0 amide bonds. The van der Waals surface area contributed by atoms with Crippen LogP contribution in [0.25, 0.3) is 22.8 Å². The summed E-state index contributed by atoms with van der Waals surface area (Å²) in [7, 11) is 1.93. The van der Waals surface area contributed by atoms with Crippen LogP contribution >= 0.6 is 23.4 Å². The van der Waals surface area contributed by atoms with Gasteiger partial charge in [0.1, 0.15) is 0 Å². The van der Waals surface area contributed by atoms with Gasteiger partial charge < -0.3 is 8.98 Å².